The molecule has 1 aliphatic rings. The second-order valence-electron chi connectivity index (χ2n) is 8.34. The number of hydrogen-bond donors (Lipinski definition) is 2. The van der Waals surface area contributed by atoms with Gasteiger partial charge in [-0.2, -0.15) is 0 Å². The van der Waals surface area contributed by atoms with Gasteiger partial charge in [0.15, 0.2) is 0 Å². The molecule has 1 fully saturated rings. The molecule has 2 aromatic carbocycles. The Morgan fingerprint density at radius 1 is 1.13 bits per heavy atom. The van der Waals surface area contributed by atoms with Crippen LogP contribution in [0, 0.1) is 0 Å². The van der Waals surface area contributed by atoms with Gasteiger partial charge in [0.05, 0.1) is 5.52 Å². The van der Waals surface area contributed by atoms with Gasteiger partial charge in [-0.05, 0) is 50.2 Å². The summed E-state index contributed by atoms with van der Waals surface area (Å²) in [4.78, 5) is 13.6. The highest BCUT2D eigenvalue weighted by Gasteiger charge is 2.23. The van der Waals surface area contributed by atoms with E-state index in [4.69, 9.17) is 0 Å². The molecule has 2 heterocycles. The molecule has 0 bridgehead atoms. The van der Waals surface area contributed by atoms with Crippen molar-refractivity contribution >= 4 is 22.4 Å². The molecule has 1 atom stereocenters. The zero-order chi connectivity index (χ0) is 21.1. The fraction of sp³-hybridized carbons (Fsp3) is 0.417. The molecule has 1 saturated heterocycles. The number of hydrogen-bond acceptors (Lipinski definition) is 6. The van der Waals surface area contributed by atoms with E-state index in [0.29, 0.717) is 11.8 Å². The Balaban J connectivity index is 1.66. The van der Waals surface area contributed by atoms with Crippen LogP contribution in [0.4, 0.5) is 11.5 Å². The van der Waals surface area contributed by atoms with Gasteiger partial charge in [-0.3, -0.25) is 4.90 Å². The van der Waals surface area contributed by atoms with Crippen molar-refractivity contribution in [3.63, 3.8) is 0 Å². The van der Waals surface area contributed by atoms with E-state index in [-0.39, 0.29) is 0 Å². The maximum atomic E-state index is 11.0. The molecule has 4 rings (SSSR count). The SMILES string of the molecule is CCCc1cc(Nc2ncnc3ccccc23)cc(CN2CCN(C)CC2C)c1O. The summed E-state index contributed by atoms with van der Waals surface area (Å²) in [5, 5.41) is 15.4. The normalized spacial score (nSPS) is 18.0. The number of aryl methyl sites for hydroxylation is 1. The molecule has 30 heavy (non-hydrogen) atoms. The van der Waals surface area contributed by atoms with E-state index in [9.17, 15) is 5.11 Å². The summed E-state index contributed by atoms with van der Waals surface area (Å²) in [7, 11) is 2.17. The van der Waals surface area contributed by atoms with Crippen molar-refractivity contribution < 1.29 is 5.11 Å². The number of piperazine rings is 1. The van der Waals surface area contributed by atoms with E-state index in [1.165, 1.54) is 0 Å². The number of rotatable bonds is 6. The van der Waals surface area contributed by atoms with E-state index in [1.54, 1.807) is 6.33 Å². The Morgan fingerprint density at radius 3 is 2.73 bits per heavy atom. The highest BCUT2D eigenvalue weighted by molar-refractivity contribution is 5.90. The van der Waals surface area contributed by atoms with Crippen molar-refractivity contribution in [1.82, 2.24) is 19.8 Å². The highest BCUT2D eigenvalue weighted by atomic mass is 16.3. The number of aromatic nitrogens is 2. The summed E-state index contributed by atoms with van der Waals surface area (Å²) in [5.41, 5.74) is 3.82. The van der Waals surface area contributed by atoms with Gasteiger partial charge in [-0.25, -0.2) is 9.97 Å². The number of phenolic OH excluding ortho intramolecular Hbond substituents is 1. The average Bonchev–Trinajstić information content (AvgIpc) is 2.73. The number of phenols is 1. The molecule has 0 radical (unpaired) electrons. The van der Waals surface area contributed by atoms with Gasteiger partial charge >= 0.3 is 0 Å². The number of aromatic hydroxyl groups is 1. The van der Waals surface area contributed by atoms with Crippen LogP contribution in [0.3, 0.4) is 0 Å². The lowest BCUT2D eigenvalue weighted by Gasteiger charge is -2.38. The van der Waals surface area contributed by atoms with Gasteiger partial charge < -0.3 is 15.3 Å². The Labute approximate surface area is 178 Å². The maximum Gasteiger partial charge on any atom is 0.141 e. The van der Waals surface area contributed by atoms with Gasteiger partial charge in [0, 0.05) is 48.9 Å². The van der Waals surface area contributed by atoms with Crippen LogP contribution in [0.15, 0.2) is 42.7 Å². The van der Waals surface area contributed by atoms with Crippen LogP contribution in [-0.2, 0) is 13.0 Å². The van der Waals surface area contributed by atoms with Crippen LogP contribution < -0.4 is 5.32 Å². The molecular weight excluding hydrogens is 374 g/mol. The Hall–Kier alpha value is -2.70. The molecule has 2 N–H and O–H groups in total. The van der Waals surface area contributed by atoms with Crippen LogP contribution in [0.1, 0.15) is 31.4 Å². The first-order valence-corrected chi connectivity index (χ1v) is 10.8. The molecule has 0 saturated carbocycles. The maximum absolute atomic E-state index is 11.0. The zero-order valence-electron chi connectivity index (χ0n) is 18.1. The van der Waals surface area contributed by atoms with E-state index < -0.39 is 0 Å². The monoisotopic (exact) mass is 405 g/mol. The number of benzene rings is 2. The van der Waals surface area contributed by atoms with E-state index in [2.05, 4.69) is 52.0 Å². The smallest absolute Gasteiger partial charge is 0.141 e. The Morgan fingerprint density at radius 2 is 1.93 bits per heavy atom. The van der Waals surface area contributed by atoms with Crippen molar-refractivity contribution in [2.24, 2.45) is 0 Å². The molecule has 1 aliphatic heterocycles. The molecule has 3 aromatic rings. The second-order valence-corrected chi connectivity index (χ2v) is 8.34. The molecule has 1 unspecified atom stereocenters. The number of nitrogens with zero attached hydrogens (tertiary/aromatic N) is 4. The quantitative estimate of drug-likeness (QED) is 0.600. The number of likely N-dealkylation sites (N-methyl/N-ethyl adjacent to an activating group) is 1. The lowest BCUT2D eigenvalue weighted by Crippen LogP contribution is -2.49. The molecular formula is C24H31N5O. The minimum atomic E-state index is 0.432. The fourth-order valence-corrected chi connectivity index (χ4v) is 4.28. The topological polar surface area (TPSA) is 64.5 Å². The van der Waals surface area contributed by atoms with Gasteiger partial charge in [-0.1, -0.05) is 25.5 Å². The third-order valence-electron chi connectivity index (χ3n) is 5.93. The van der Waals surface area contributed by atoms with Crippen molar-refractivity contribution in [1.29, 1.82) is 0 Å². The third kappa shape index (κ3) is 4.40. The fourth-order valence-electron chi connectivity index (χ4n) is 4.28. The Kier molecular flexibility index (Phi) is 6.16. The van der Waals surface area contributed by atoms with Crippen LogP contribution in [-0.4, -0.2) is 57.6 Å². The molecule has 6 nitrogen and oxygen atoms in total. The second kappa shape index (κ2) is 8.98. The van der Waals surface area contributed by atoms with Gasteiger partial charge in [0.25, 0.3) is 0 Å². The molecule has 0 aliphatic carbocycles. The largest absolute Gasteiger partial charge is 0.507 e. The number of fused-ring (bicyclic) bond motifs is 1. The number of nitrogens with one attached hydrogen (secondary N) is 1. The minimum absolute atomic E-state index is 0.432. The molecule has 6 heteroatoms. The summed E-state index contributed by atoms with van der Waals surface area (Å²) in [5.74, 6) is 1.22. The van der Waals surface area contributed by atoms with Gasteiger partial charge in [-0.15, -0.1) is 0 Å². The number of anilines is 2. The Bertz CT molecular complexity index is 1020. The summed E-state index contributed by atoms with van der Waals surface area (Å²) < 4.78 is 0. The molecule has 0 amide bonds. The average molecular weight is 406 g/mol. The zero-order valence-corrected chi connectivity index (χ0v) is 18.1. The predicted octanol–water partition coefficient (Wildman–Crippen LogP) is 4.17. The van der Waals surface area contributed by atoms with E-state index in [0.717, 1.165) is 72.6 Å². The van der Waals surface area contributed by atoms with Gasteiger partial charge in [0.2, 0.25) is 0 Å². The third-order valence-corrected chi connectivity index (χ3v) is 5.93. The summed E-state index contributed by atoms with van der Waals surface area (Å²) in [6, 6.07) is 12.6. The van der Waals surface area contributed by atoms with Crippen LogP contribution >= 0.6 is 0 Å². The number of para-hydroxylation sites is 1. The van der Waals surface area contributed by atoms with Gasteiger partial charge in [0.1, 0.15) is 17.9 Å². The summed E-state index contributed by atoms with van der Waals surface area (Å²) in [6.45, 7) is 8.26. The standard InChI is InChI=1S/C24H31N5O/c1-4-7-18-12-20(27-24-21-8-5-6-9-22(21)25-16-26-24)13-19(23(18)30)15-29-11-10-28(3)14-17(29)2/h5-6,8-9,12-13,16-17,30H,4,7,10-11,14-15H2,1-3H3,(H,25,26,27). The van der Waals surface area contributed by atoms with Crippen LogP contribution in [0.5, 0.6) is 5.75 Å². The lowest BCUT2D eigenvalue weighted by atomic mass is 10.0. The molecule has 158 valence electrons. The first-order valence-electron chi connectivity index (χ1n) is 10.8. The molecule has 1 aromatic heterocycles. The predicted molar refractivity (Wildman–Crippen MR) is 122 cm³/mol. The van der Waals surface area contributed by atoms with Crippen LogP contribution in [0.25, 0.3) is 10.9 Å². The first kappa shape index (κ1) is 20.6. The van der Waals surface area contributed by atoms with E-state index in [1.807, 2.05) is 30.3 Å². The van der Waals surface area contributed by atoms with Crippen molar-refractivity contribution in [3.8, 4) is 5.75 Å². The van der Waals surface area contributed by atoms with Crippen molar-refractivity contribution in [2.75, 3.05) is 32.0 Å². The molecule has 0 spiro atoms. The highest BCUT2D eigenvalue weighted by Crippen LogP contribution is 2.32. The minimum Gasteiger partial charge on any atom is -0.507 e. The van der Waals surface area contributed by atoms with Crippen LogP contribution in [0.2, 0.25) is 0 Å². The first-order chi connectivity index (χ1) is 14.5. The van der Waals surface area contributed by atoms with Crippen molar-refractivity contribution in [3.05, 3.63) is 53.9 Å². The summed E-state index contributed by atoms with van der Waals surface area (Å²) in [6.07, 6.45) is 3.42. The van der Waals surface area contributed by atoms with Crippen molar-refractivity contribution in [2.45, 2.75) is 39.3 Å². The lowest BCUT2D eigenvalue weighted by molar-refractivity contribution is 0.0931. The summed E-state index contributed by atoms with van der Waals surface area (Å²) >= 11 is 0. The van der Waals surface area contributed by atoms with E-state index >= 15 is 0 Å².